The Bertz CT molecular complexity index is 606. The fourth-order valence-electron chi connectivity index (χ4n) is 1.75. The van der Waals surface area contributed by atoms with E-state index in [0.29, 0.717) is 0 Å². The van der Waals surface area contributed by atoms with Crippen LogP contribution in [0.3, 0.4) is 0 Å². The molecule has 1 aliphatic rings. The van der Waals surface area contributed by atoms with Crippen LogP contribution in [0.25, 0.3) is 0 Å². The van der Waals surface area contributed by atoms with E-state index in [0.717, 1.165) is 6.07 Å². The first kappa shape index (κ1) is 13.4. The molecule has 0 unspecified atom stereocenters. The molecule has 19 heavy (non-hydrogen) atoms. The Hall–Kier alpha value is -2.03. The van der Waals surface area contributed by atoms with Gasteiger partial charge in [-0.05, 0) is 18.3 Å². The first-order chi connectivity index (χ1) is 8.96. The summed E-state index contributed by atoms with van der Waals surface area (Å²) in [6.07, 6.45) is 1.70. The SMILES string of the molecule is C#CCN1CC(F)(F)Oc2cc(F)c(N=C=S)cc21. The zero-order valence-corrected chi connectivity index (χ0v) is 10.3. The summed E-state index contributed by atoms with van der Waals surface area (Å²) in [5, 5.41) is 2.02. The van der Waals surface area contributed by atoms with Gasteiger partial charge in [0.2, 0.25) is 0 Å². The van der Waals surface area contributed by atoms with Gasteiger partial charge in [-0.2, -0.15) is 13.8 Å². The van der Waals surface area contributed by atoms with Crippen molar-refractivity contribution < 1.29 is 17.9 Å². The van der Waals surface area contributed by atoms with Crippen molar-refractivity contribution in [1.29, 1.82) is 0 Å². The molecule has 0 fully saturated rings. The van der Waals surface area contributed by atoms with E-state index in [9.17, 15) is 13.2 Å². The van der Waals surface area contributed by atoms with Crippen LogP contribution in [0.15, 0.2) is 17.1 Å². The third kappa shape index (κ3) is 2.70. The topological polar surface area (TPSA) is 24.8 Å². The summed E-state index contributed by atoms with van der Waals surface area (Å²) in [4.78, 5) is 4.72. The maximum absolute atomic E-state index is 13.6. The van der Waals surface area contributed by atoms with Crippen molar-refractivity contribution in [3.63, 3.8) is 0 Å². The molecule has 1 heterocycles. The molecule has 7 heteroatoms. The van der Waals surface area contributed by atoms with Crippen LogP contribution in [-0.4, -0.2) is 24.4 Å². The van der Waals surface area contributed by atoms with Crippen LogP contribution < -0.4 is 9.64 Å². The Morgan fingerprint density at radius 2 is 2.26 bits per heavy atom. The lowest BCUT2D eigenvalue weighted by molar-refractivity contribution is -0.171. The fraction of sp³-hybridized carbons (Fsp3) is 0.250. The Labute approximate surface area is 112 Å². The van der Waals surface area contributed by atoms with Gasteiger partial charge >= 0.3 is 6.11 Å². The van der Waals surface area contributed by atoms with Gasteiger partial charge in [0.25, 0.3) is 0 Å². The smallest absolute Gasteiger partial charge is 0.415 e. The number of terminal acetylenes is 1. The largest absolute Gasteiger partial charge is 0.429 e. The zero-order chi connectivity index (χ0) is 14.0. The second kappa shape index (κ2) is 4.92. The summed E-state index contributed by atoms with van der Waals surface area (Å²) < 4.78 is 44.7. The highest BCUT2D eigenvalue weighted by atomic mass is 32.1. The van der Waals surface area contributed by atoms with Crippen LogP contribution >= 0.6 is 12.2 Å². The number of nitrogens with zero attached hydrogens (tertiary/aromatic N) is 2. The lowest BCUT2D eigenvalue weighted by Crippen LogP contribution is -2.45. The Morgan fingerprint density at radius 1 is 1.53 bits per heavy atom. The van der Waals surface area contributed by atoms with E-state index in [-0.39, 0.29) is 23.7 Å². The molecule has 98 valence electrons. The highest BCUT2D eigenvalue weighted by molar-refractivity contribution is 7.78. The fourth-order valence-corrected chi connectivity index (χ4v) is 1.85. The lowest BCUT2D eigenvalue weighted by Gasteiger charge is -2.34. The Morgan fingerprint density at radius 3 is 2.89 bits per heavy atom. The van der Waals surface area contributed by atoms with E-state index < -0.39 is 18.5 Å². The van der Waals surface area contributed by atoms with Gasteiger partial charge in [0.15, 0.2) is 11.6 Å². The number of thiocarbonyl (C=S) groups is 1. The maximum atomic E-state index is 13.6. The average Bonchev–Trinajstić information content (AvgIpc) is 2.30. The number of alkyl halides is 2. The third-order valence-corrected chi connectivity index (χ3v) is 2.54. The number of hydrogen-bond donors (Lipinski definition) is 0. The highest BCUT2D eigenvalue weighted by Crippen LogP contribution is 2.41. The van der Waals surface area contributed by atoms with Crippen molar-refractivity contribution in [2.75, 3.05) is 18.0 Å². The first-order valence-electron chi connectivity index (χ1n) is 5.13. The molecule has 0 bridgehead atoms. The summed E-state index contributed by atoms with van der Waals surface area (Å²) in [7, 11) is 0. The van der Waals surface area contributed by atoms with Gasteiger partial charge in [-0.25, -0.2) is 4.39 Å². The molecule has 0 spiro atoms. The number of hydrogen-bond acceptors (Lipinski definition) is 4. The van der Waals surface area contributed by atoms with Gasteiger partial charge in [0, 0.05) is 6.07 Å². The molecular formula is C12H7F3N2OS. The Kier molecular flexibility index (Phi) is 3.47. The summed E-state index contributed by atoms with van der Waals surface area (Å²) in [6.45, 7) is -0.769. The van der Waals surface area contributed by atoms with Gasteiger partial charge in [0.1, 0.15) is 12.2 Å². The summed E-state index contributed by atoms with van der Waals surface area (Å²) in [6, 6.07) is 2.08. The summed E-state index contributed by atoms with van der Waals surface area (Å²) in [5.41, 5.74) is 0.138. The summed E-state index contributed by atoms with van der Waals surface area (Å²) in [5.74, 6) is 1.15. The van der Waals surface area contributed by atoms with Gasteiger partial charge in [-0.3, -0.25) is 0 Å². The quantitative estimate of drug-likeness (QED) is 0.474. The molecule has 3 nitrogen and oxygen atoms in total. The van der Waals surface area contributed by atoms with Crippen molar-refractivity contribution in [1.82, 2.24) is 0 Å². The highest BCUT2D eigenvalue weighted by Gasteiger charge is 2.40. The molecule has 0 saturated heterocycles. The number of fused-ring (bicyclic) bond motifs is 1. The monoisotopic (exact) mass is 284 g/mol. The van der Waals surface area contributed by atoms with E-state index in [4.69, 9.17) is 6.42 Å². The molecule has 0 N–H and O–H groups in total. The minimum absolute atomic E-state index is 0.0572. The lowest BCUT2D eigenvalue weighted by atomic mass is 10.2. The predicted octanol–water partition coefficient (Wildman–Crippen LogP) is 2.98. The number of anilines is 1. The second-order valence-corrected chi connectivity index (χ2v) is 3.96. The molecule has 1 aliphatic heterocycles. The maximum Gasteiger partial charge on any atom is 0.415 e. The molecule has 1 aromatic rings. The number of benzene rings is 1. The van der Waals surface area contributed by atoms with E-state index in [1.165, 1.54) is 11.0 Å². The molecule has 0 amide bonds. The van der Waals surface area contributed by atoms with E-state index >= 15 is 0 Å². The van der Waals surface area contributed by atoms with Crippen molar-refractivity contribution in [3.05, 3.63) is 17.9 Å². The standard InChI is InChI=1S/C12H7F3N2OS/c1-2-3-17-6-12(14,15)18-11-4-8(13)9(16-7-19)5-10(11)17/h1,4-5H,3,6H2. The van der Waals surface area contributed by atoms with Crippen LogP contribution in [0.4, 0.5) is 24.5 Å². The zero-order valence-electron chi connectivity index (χ0n) is 9.49. The van der Waals surface area contributed by atoms with Crippen molar-refractivity contribution >= 4 is 28.8 Å². The van der Waals surface area contributed by atoms with E-state index in [1.54, 1.807) is 0 Å². The predicted molar refractivity (Wildman–Crippen MR) is 67.7 cm³/mol. The normalized spacial score (nSPS) is 15.8. The molecule has 0 saturated carbocycles. The van der Waals surface area contributed by atoms with Gasteiger partial charge in [0.05, 0.1) is 17.4 Å². The van der Waals surface area contributed by atoms with Crippen molar-refractivity contribution in [2.45, 2.75) is 6.11 Å². The van der Waals surface area contributed by atoms with Gasteiger partial charge in [-0.15, -0.1) is 6.42 Å². The number of halogens is 3. The van der Waals surface area contributed by atoms with Crippen molar-refractivity contribution in [2.24, 2.45) is 4.99 Å². The van der Waals surface area contributed by atoms with Crippen molar-refractivity contribution in [3.8, 4) is 18.1 Å². The van der Waals surface area contributed by atoms with Crippen LogP contribution in [0.2, 0.25) is 0 Å². The molecule has 2 rings (SSSR count). The van der Waals surface area contributed by atoms with Crippen LogP contribution in [0.5, 0.6) is 5.75 Å². The van der Waals surface area contributed by atoms with E-state index in [1.807, 2.05) is 5.16 Å². The van der Waals surface area contributed by atoms with Crippen LogP contribution in [0.1, 0.15) is 0 Å². The molecular weight excluding hydrogens is 277 g/mol. The number of aliphatic imine (C=N–C) groups is 1. The molecule has 0 radical (unpaired) electrons. The summed E-state index contributed by atoms with van der Waals surface area (Å²) >= 11 is 4.38. The number of isothiocyanates is 1. The van der Waals surface area contributed by atoms with Crippen LogP contribution in [0, 0.1) is 18.2 Å². The molecule has 0 aromatic heterocycles. The average molecular weight is 284 g/mol. The number of ether oxygens (including phenoxy) is 1. The van der Waals surface area contributed by atoms with Crippen LogP contribution in [-0.2, 0) is 0 Å². The number of rotatable bonds is 2. The minimum Gasteiger partial charge on any atom is -0.429 e. The third-order valence-electron chi connectivity index (χ3n) is 2.45. The molecule has 0 atom stereocenters. The van der Waals surface area contributed by atoms with Gasteiger partial charge < -0.3 is 9.64 Å². The first-order valence-corrected chi connectivity index (χ1v) is 5.54. The second-order valence-electron chi connectivity index (χ2n) is 3.77. The molecule has 0 aliphatic carbocycles. The van der Waals surface area contributed by atoms with E-state index in [2.05, 4.69) is 27.9 Å². The molecule has 1 aromatic carbocycles. The Balaban J connectivity index is 2.55. The minimum atomic E-state index is -3.43. The van der Waals surface area contributed by atoms with Gasteiger partial charge in [-0.1, -0.05) is 5.92 Å².